The normalized spacial score (nSPS) is 10.2. The van der Waals surface area contributed by atoms with Crippen molar-refractivity contribution in [1.82, 2.24) is 15.0 Å². The molecule has 3 heterocycles. The summed E-state index contributed by atoms with van der Waals surface area (Å²) in [5, 5.41) is 5.47. The molecule has 0 unspecified atom stereocenters. The van der Waals surface area contributed by atoms with Gasteiger partial charge in [-0.2, -0.15) is 0 Å². The Balaban J connectivity index is 0.00000121. The number of pyridine rings is 2. The maximum absolute atomic E-state index is 12.3. The van der Waals surface area contributed by atoms with Gasteiger partial charge in [0.05, 0.1) is 29.3 Å². The van der Waals surface area contributed by atoms with E-state index in [-0.39, 0.29) is 37.1 Å². The Morgan fingerprint density at radius 3 is 2.65 bits per heavy atom. The molecule has 5 nitrogen and oxygen atoms in total. The summed E-state index contributed by atoms with van der Waals surface area (Å²) < 4.78 is 0. The summed E-state index contributed by atoms with van der Waals surface area (Å²) >= 11 is 6.23. The largest absolute Gasteiger partial charge is 0.352 e. The van der Waals surface area contributed by atoms with Gasteiger partial charge >= 0.3 is 0 Å². The van der Waals surface area contributed by atoms with Gasteiger partial charge in [0.15, 0.2) is 0 Å². The summed E-state index contributed by atoms with van der Waals surface area (Å²) in [5.41, 5.74) is 3.25. The summed E-state index contributed by atoms with van der Waals surface area (Å²) in [6.45, 7) is 0. The average Bonchev–Trinajstić information content (AvgIpc) is 2.95. The number of halogens is 3. The zero-order chi connectivity index (χ0) is 16.5. The smallest absolute Gasteiger partial charge is 0.228 e. The first kappa shape index (κ1) is 20.0. The fourth-order valence-corrected chi connectivity index (χ4v) is 3.02. The molecule has 0 aliphatic heterocycles. The van der Waals surface area contributed by atoms with Gasteiger partial charge in [-0.3, -0.25) is 14.8 Å². The molecule has 0 radical (unpaired) electrons. The third-order valence-corrected chi connectivity index (χ3v) is 4.05. The van der Waals surface area contributed by atoms with Crippen molar-refractivity contribution >= 4 is 69.8 Å². The number of H-pyrrole nitrogens is 1. The standard InChI is InChI=1S/C18H13ClN4O.2ClH/c19-12-7-14-13-3-5-21-10-16(13)23-18(14)15(8-12)22-17(24)6-11-2-1-4-20-9-11;;/h1-5,7-10,23H,6H2,(H,22,24);2*1H. The average molecular weight is 410 g/mol. The molecule has 0 saturated carbocycles. The summed E-state index contributed by atoms with van der Waals surface area (Å²) in [5.74, 6) is -0.122. The van der Waals surface area contributed by atoms with Gasteiger partial charge in [0.25, 0.3) is 0 Å². The molecule has 0 aliphatic rings. The van der Waals surface area contributed by atoms with E-state index in [1.807, 2.05) is 24.3 Å². The lowest BCUT2D eigenvalue weighted by molar-refractivity contribution is -0.115. The third-order valence-electron chi connectivity index (χ3n) is 3.84. The Morgan fingerprint density at radius 2 is 1.88 bits per heavy atom. The van der Waals surface area contributed by atoms with Crippen LogP contribution in [0.5, 0.6) is 0 Å². The molecule has 8 heteroatoms. The fraction of sp³-hybridized carbons (Fsp3) is 0.0556. The van der Waals surface area contributed by atoms with Gasteiger partial charge in [-0.05, 0) is 29.8 Å². The number of hydrogen-bond acceptors (Lipinski definition) is 3. The van der Waals surface area contributed by atoms with E-state index in [2.05, 4.69) is 20.3 Å². The second-order valence-electron chi connectivity index (χ2n) is 5.51. The number of carbonyl (C=O) groups is 1. The minimum atomic E-state index is -0.122. The second kappa shape index (κ2) is 8.36. The van der Waals surface area contributed by atoms with Crippen LogP contribution in [0.15, 0.2) is 55.1 Å². The lowest BCUT2D eigenvalue weighted by Gasteiger charge is -2.07. The SMILES string of the molecule is Cl.Cl.O=C(Cc1cccnc1)Nc1cc(Cl)cc2c1[nH]c1cnccc12. The number of fused-ring (bicyclic) bond motifs is 3. The van der Waals surface area contributed by atoms with Gasteiger partial charge < -0.3 is 10.3 Å². The Hall–Kier alpha value is -2.34. The number of aromatic amines is 1. The molecule has 4 aromatic rings. The Kier molecular flexibility index (Phi) is 6.42. The van der Waals surface area contributed by atoms with Gasteiger partial charge in [-0.25, -0.2) is 0 Å². The van der Waals surface area contributed by atoms with Crippen molar-refractivity contribution in [1.29, 1.82) is 0 Å². The van der Waals surface area contributed by atoms with Gasteiger partial charge in [0, 0.05) is 34.4 Å². The third kappa shape index (κ3) is 3.90. The molecule has 0 spiro atoms. The van der Waals surface area contributed by atoms with Crippen LogP contribution in [-0.2, 0) is 11.2 Å². The minimum absolute atomic E-state index is 0. The molecule has 1 amide bonds. The van der Waals surface area contributed by atoms with Crippen LogP contribution in [0.25, 0.3) is 21.8 Å². The summed E-state index contributed by atoms with van der Waals surface area (Å²) in [4.78, 5) is 23.8. The first-order valence-corrected chi connectivity index (χ1v) is 7.82. The number of aromatic nitrogens is 3. The predicted molar refractivity (Wildman–Crippen MR) is 110 cm³/mol. The molecule has 0 saturated heterocycles. The molecule has 26 heavy (non-hydrogen) atoms. The lowest BCUT2D eigenvalue weighted by atomic mass is 10.1. The molecule has 1 aromatic carbocycles. The van der Waals surface area contributed by atoms with Crippen molar-refractivity contribution < 1.29 is 4.79 Å². The lowest BCUT2D eigenvalue weighted by Crippen LogP contribution is -2.14. The molecule has 0 fully saturated rings. The number of amides is 1. The van der Waals surface area contributed by atoms with E-state index in [1.54, 1.807) is 30.9 Å². The Bertz CT molecular complexity index is 1050. The number of rotatable bonds is 3. The van der Waals surface area contributed by atoms with Crippen LogP contribution in [0.4, 0.5) is 5.69 Å². The van der Waals surface area contributed by atoms with Gasteiger partial charge in [-0.15, -0.1) is 24.8 Å². The van der Waals surface area contributed by atoms with Crippen molar-refractivity contribution in [3.8, 4) is 0 Å². The minimum Gasteiger partial charge on any atom is -0.352 e. The van der Waals surface area contributed by atoms with E-state index in [9.17, 15) is 4.79 Å². The Labute approximate surface area is 167 Å². The quantitative estimate of drug-likeness (QED) is 0.511. The highest BCUT2D eigenvalue weighted by atomic mass is 35.5. The van der Waals surface area contributed by atoms with E-state index < -0.39 is 0 Å². The summed E-state index contributed by atoms with van der Waals surface area (Å²) in [6, 6.07) is 9.23. The second-order valence-corrected chi connectivity index (χ2v) is 5.94. The number of carbonyl (C=O) groups excluding carboxylic acids is 1. The molecule has 0 aliphatic carbocycles. The van der Waals surface area contributed by atoms with Crippen molar-refractivity contribution in [2.75, 3.05) is 5.32 Å². The van der Waals surface area contributed by atoms with Gasteiger partial charge in [0.1, 0.15) is 0 Å². The summed E-state index contributed by atoms with van der Waals surface area (Å²) in [6.07, 6.45) is 7.10. The molecule has 0 bridgehead atoms. The molecule has 3 aromatic heterocycles. The number of nitrogens with zero attached hydrogens (tertiary/aromatic N) is 2. The number of nitrogens with one attached hydrogen (secondary N) is 2. The van der Waals surface area contributed by atoms with Crippen molar-refractivity contribution in [2.45, 2.75) is 6.42 Å². The fourth-order valence-electron chi connectivity index (χ4n) is 2.80. The maximum atomic E-state index is 12.3. The monoisotopic (exact) mass is 408 g/mol. The number of hydrogen-bond donors (Lipinski definition) is 2. The summed E-state index contributed by atoms with van der Waals surface area (Å²) in [7, 11) is 0. The molecular weight excluding hydrogens is 395 g/mol. The van der Waals surface area contributed by atoms with Gasteiger partial charge in [-0.1, -0.05) is 17.7 Å². The van der Waals surface area contributed by atoms with E-state index in [0.29, 0.717) is 10.7 Å². The van der Waals surface area contributed by atoms with Crippen molar-refractivity contribution in [3.05, 3.63) is 65.7 Å². The predicted octanol–water partition coefficient (Wildman–Crippen LogP) is 4.79. The molecule has 4 rings (SSSR count). The van der Waals surface area contributed by atoms with Crippen LogP contribution in [0.2, 0.25) is 5.02 Å². The van der Waals surface area contributed by atoms with E-state index >= 15 is 0 Å². The van der Waals surface area contributed by atoms with Crippen molar-refractivity contribution in [3.63, 3.8) is 0 Å². The van der Waals surface area contributed by atoms with Crippen LogP contribution < -0.4 is 5.32 Å². The highest BCUT2D eigenvalue weighted by molar-refractivity contribution is 6.32. The van der Waals surface area contributed by atoms with Crippen LogP contribution in [-0.4, -0.2) is 20.9 Å². The number of anilines is 1. The maximum Gasteiger partial charge on any atom is 0.228 e. The highest BCUT2D eigenvalue weighted by Crippen LogP contribution is 2.33. The molecule has 0 atom stereocenters. The number of benzene rings is 1. The first-order valence-electron chi connectivity index (χ1n) is 7.44. The Morgan fingerprint density at radius 1 is 1.08 bits per heavy atom. The van der Waals surface area contributed by atoms with Crippen LogP contribution in [0, 0.1) is 0 Å². The topological polar surface area (TPSA) is 70.7 Å². The van der Waals surface area contributed by atoms with Crippen molar-refractivity contribution in [2.24, 2.45) is 0 Å². The molecule has 2 N–H and O–H groups in total. The van der Waals surface area contributed by atoms with E-state index in [0.717, 1.165) is 27.4 Å². The molecule has 134 valence electrons. The zero-order valence-electron chi connectivity index (χ0n) is 13.4. The van der Waals surface area contributed by atoms with E-state index in [1.165, 1.54) is 0 Å². The van der Waals surface area contributed by atoms with Gasteiger partial charge in [0.2, 0.25) is 5.91 Å². The first-order chi connectivity index (χ1) is 11.7. The highest BCUT2D eigenvalue weighted by Gasteiger charge is 2.12. The molecular formula is C18H15Cl3N4O. The van der Waals surface area contributed by atoms with E-state index in [4.69, 9.17) is 11.6 Å². The zero-order valence-corrected chi connectivity index (χ0v) is 15.8. The van der Waals surface area contributed by atoms with Crippen LogP contribution in [0.1, 0.15) is 5.56 Å². The van der Waals surface area contributed by atoms with Crippen LogP contribution in [0.3, 0.4) is 0 Å². The van der Waals surface area contributed by atoms with Crippen LogP contribution >= 0.6 is 36.4 Å².